The first-order chi connectivity index (χ1) is 15.3. The molecule has 0 unspecified atom stereocenters. The number of amides is 1. The fourth-order valence-corrected chi connectivity index (χ4v) is 5.34. The van der Waals surface area contributed by atoms with Crippen molar-refractivity contribution in [3.05, 3.63) is 65.9 Å². The first kappa shape index (κ1) is 24.0. The van der Waals surface area contributed by atoms with E-state index in [0.29, 0.717) is 25.3 Å². The van der Waals surface area contributed by atoms with Crippen molar-refractivity contribution < 1.29 is 13.2 Å². The van der Waals surface area contributed by atoms with Crippen LogP contribution in [0.25, 0.3) is 10.9 Å². The molecule has 0 aliphatic rings. The highest BCUT2D eigenvalue weighted by molar-refractivity contribution is 7.89. The van der Waals surface area contributed by atoms with Crippen molar-refractivity contribution in [3.63, 3.8) is 0 Å². The highest BCUT2D eigenvalue weighted by atomic mass is 32.2. The van der Waals surface area contributed by atoms with E-state index in [1.807, 2.05) is 46.1 Å². The van der Waals surface area contributed by atoms with Gasteiger partial charge in [-0.15, -0.1) is 0 Å². The molecule has 0 fully saturated rings. The summed E-state index contributed by atoms with van der Waals surface area (Å²) in [5.41, 5.74) is 2.54. The van der Waals surface area contributed by atoms with Crippen LogP contribution in [0, 0.1) is 0 Å². The average Bonchev–Trinajstić information content (AvgIpc) is 3.11. The molecule has 2 aromatic carbocycles. The molecular formula is C24H32N4O3S. The maximum Gasteiger partial charge on any atom is 0.267 e. The number of likely N-dealkylation sites (N-methyl/N-ethyl adjacent to an activating group) is 1. The van der Waals surface area contributed by atoms with Gasteiger partial charge in [0.2, 0.25) is 10.0 Å². The van der Waals surface area contributed by atoms with Crippen molar-refractivity contribution in [1.82, 2.24) is 19.1 Å². The Morgan fingerprint density at radius 2 is 1.72 bits per heavy atom. The predicted octanol–water partition coefficient (Wildman–Crippen LogP) is 3.07. The standard InChI is InChI=1S/C24H32N4O3S/c1-5-28(6-2)32(30,31)21-12-13-22-20(16-21)17-23(27(22)4)24(29)25-14-15-26(3)18-19-10-8-7-9-11-19/h7-13,16-17H,5-6,14-15,18H2,1-4H3,(H,25,29). The van der Waals surface area contributed by atoms with E-state index >= 15 is 0 Å². The molecule has 1 aromatic heterocycles. The maximum absolute atomic E-state index is 12.8. The van der Waals surface area contributed by atoms with Crippen molar-refractivity contribution in [2.75, 3.05) is 33.2 Å². The summed E-state index contributed by atoms with van der Waals surface area (Å²) in [7, 11) is 0.290. The Bertz CT molecular complexity index is 1170. The van der Waals surface area contributed by atoms with Crippen LogP contribution in [0.15, 0.2) is 59.5 Å². The summed E-state index contributed by atoms with van der Waals surface area (Å²) >= 11 is 0. The number of hydrogen-bond donors (Lipinski definition) is 1. The van der Waals surface area contributed by atoms with Crippen LogP contribution in [-0.2, 0) is 23.6 Å². The molecule has 1 N–H and O–H groups in total. The molecule has 32 heavy (non-hydrogen) atoms. The quantitative estimate of drug-likeness (QED) is 0.509. The largest absolute Gasteiger partial charge is 0.349 e. The Morgan fingerprint density at radius 3 is 2.38 bits per heavy atom. The molecule has 7 nitrogen and oxygen atoms in total. The molecule has 0 saturated heterocycles. The highest BCUT2D eigenvalue weighted by Gasteiger charge is 2.23. The number of rotatable bonds is 10. The van der Waals surface area contributed by atoms with Gasteiger partial charge in [-0.1, -0.05) is 44.2 Å². The molecule has 8 heteroatoms. The van der Waals surface area contributed by atoms with E-state index in [1.54, 1.807) is 28.8 Å². The third kappa shape index (κ3) is 5.20. The van der Waals surface area contributed by atoms with Gasteiger partial charge in [0, 0.05) is 50.7 Å². The Labute approximate surface area is 190 Å². The fourth-order valence-electron chi connectivity index (χ4n) is 3.84. The number of nitrogens with one attached hydrogen (secondary N) is 1. The second-order valence-electron chi connectivity index (χ2n) is 7.88. The van der Waals surface area contributed by atoms with Crippen LogP contribution in [0.2, 0.25) is 0 Å². The molecule has 3 rings (SSSR count). The Hall–Kier alpha value is -2.68. The van der Waals surface area contributed by atoms with Crippen molar-refractivity contribution in [2.45, 2.75) is 25.3 Å². The number of fused-ring (bicyclic) bond motifs is 1. The van der Waals surface area contributed by atoms with Crippen molar-refractivity contribution in [2.24, 2.45) is 7.05 Å². The minimum atomic E-state index is -3.55. The molecule has 0 aliphatic carbocycles. The van der Waals surface area contributed by atoms with E-state index in [9.17, 15) is 13.2 Å². The molecule has 1 heterocycles. The zero-order chi connectivity index (χ0) is 23.3. The minimum absolute atomic E-state index is 0.176. The number of benzene rings is 2. The number of hydrogen-bond acceptors (Lipinski definition) is 4. The molecular weight excluding hydrogens is 424 g/mol. The van der Waals surface area contributed by atoms with E-state index in [1.165, 1.54) is 9.87 Å². The number of aromatic nitrogens is 1. The van der Waals surface area contributed by atoms with Crippen LogP contribution < -0.4 is 5.32 Å². The maximum atomic E-state index is 12.8. The van der Waals surface area contributed by atoms with E-state index in [0.717, 1.165) is 24.0 Å². The molecule has 172 valence electrons. The van der Waals surface area contributed by atoms with Crippen LogP contribution in [-0.4, -0.2) is 61.3 Å². The van der Waals surface area contributed by atoms with Gasteiger partial charge in [-0.3, -0.25) is 4.79 Å². The third-order valence-electron chi connectivity index (χ3n) is 5.66. The van der Waals surface area contributed by atoms with E-state index in [2.05, 4.69) is 22.3 Å². The van der Waals surface area contributed by atoms with Crippen molar-refractivity contribution in [3.8, 4) is 0 Å². The van der Waals surface area contributed by atoms with Crippen LogP contribution in [0.1, 0.15) is 29.9 Å². The summed E-state index contributed by atoms with van der Waals surface area (Å²) in [5.74, 6) is -0.176. The second-order valence-corrected chi connectivity index (χ2v) is 9.82. The van der Waals surface area contributed by atoms with Gasteiger partial charge >= 0.3 is 0 Å². The normalized spacial score (nSPS) is 12.1. The van der Waals surface area contributed by atoms with Gasteiger partial charge in [0.1, 0.15) is 5.69 Å². The lowest BCUT2D eigenvalue weighted by Gasteiger charge is -2.18. The number of carbonyl (C=O) groups is 1. The summed E-state index contributed by atoms with van der Waals surface area (Å²) in [6.07, 6.45) is 0. The van der Waals surface area contributed by atoms with Gasteiger partial charge in [-0.05, 0) is 36.9 Å². The Balaban J connectivity index is 1.69. The summed E-state index contributed by atoms with van der Waals surface area (Å²) in [4.78, 5) is 15.2. The summed E-state index contributed by atoms with van der Waals surface area (Å²) in [6, 6.07) is 17.0. The molecule has 0 bridgehead atoms. The molecule has 0 aliphatic heterocycles. The first-order valence-corrected chi connectivity index (χ1v) is 12.3. The van der Waals surface area contributed by atoms with Crippen LogP contribution >= 0.6 is 0 Å². The molecule has 1 amide bonds. The van der Waals surface area contributed by atoms with E-state index in [-0.39, 0.29) is 10.8 Å². The van der Waals surface area contributed by atoms with Crippen LogP contribution in [0.4, 0.5) is 0 Å². The lowest BCUT2D eigenvalue weighted by molar-refractivity contribution is 0.0942. The Morgan fingerprint density at radius 1 is 1.03 bits per heavy atom. The van der Waals surface area contributed by atoms with Gasteiger partial charge in [0.15, 0.2) is 0 Å². The van der Waals surface area contributed by atoms with Gasteiger partial charge < -0.3 is 14.8 Å². The Kier molecular flexibility index (Phi) is 7.71. The van der Waals surface area contributed by atoms with Gasteiger partial charge in [-0.25, -0.2) is 8.42 Å². The fraction of sp³-hybridized carbons (Fsp3) is 0.375. The zero-order valence-electron chi connectivity index (χ0n) is 19.2. The molecule has 0 saturated carbocycles. The number of aryl methyl sites for hydroxylation is 1. The van der Waals surface area contributed by atoms with Gasteiger partial charge in [0.25, 0.3) is 5.91 Å². The predicted molar refractivity (Wildman–Crippen MR) is 128 cm³/mol. The summed E-state index contributed by atoms with van der Waals surface area (Å²) in [6.45, 7) is 6.52. The topological polar surface area (TPSA) is 74.7 Å². The SMILES string of the molecule is CCN(CC)S(=O)(=O)c1ccc2c(c1)cc(C(=O)NCCN(C)Cc1ccccc1)n2C. The smallest absolute Gasteiger partial charge is 0.267 e. The van der Waals surface area contributed by atoms with Crippen molar-refractivity contribution in [1.29, 1.82) is 0 Å². The average molecular weight is 457 g/mol. The molecule has 0 spiro atoms. The second kappa shape index (κ2) is 10.3. The van der Waals surface area contributed by atoms with Gasteiger partial charge in [0.05, 0.1) is 4.90 Å². The minimum Gasteiger partial charge on any atom is -0.349 e. The summed E-state index contributed by atoms with van der Waals surface area (Å²) in [5, 5.41) is 3.70. The number of carbonyl (C=O) groups excluding carboxylic acids is 1. The van der Waals surface area contributed by atoms with E-state index < -0.39 is 10.0 Å². The third-order valence-corrected chi connectivity index (χ3v) is 7.71. The molecule has 0 atom stereocenters. The number of sulfonamides is 1. The van der Waals surface area contributed by atoms with Crippen LogP contribution in [0.3, 0.4) is 0 Å². The van der Waals surface area contributed by atoms with Crippen LogP contribution in [0.5, 0.6) is 0 Å². The highest BCUT2D eigenvalue weighted by Crippen LogP contribution is 2.24. The first-order valence-electron chi connectivity index (χ1n) is 10.9. The lowest BCUT2D eigenvalue weighted by Crippen LogP contribution is -2.33. The van der Waals surface area contributed by atoms with E-state index in [4.69, 9.17) is 0 Å². The zero-order valence-corrected chi connectivity index (χ0v) is 20.0. The molecule has 0 radical (unpaired) electrons. The molecule has 3 aromatic rings. The lowest BCUT2D eigenvalue weighted by atomic mass is 10.2. The van der Waals surface area contributed by atoms with Crippen molar-refractivity contribution >= 4 is 26.8 Å². The van der Waals surface area contributed by atoms with Gasteiger partial charge in [-0.2, -0.15) is 4.31 Å². The monoisotopic (exact) mass is 456 g/mol. The summed E-state index contributed by atoms with van der Waals surface area (Å²) < 4.78 is 28.9. The number of nitrogens with zero attached hydrogens (tertiary/aromatic N) is 3.